The zero-order chi connectivity index (χ0) is 12.3. The molecule has 6 heteroatoms. The van der Waals surface area contributed by atoms with Gasteiger partial charge < -0.3 is 9.29 Å². The summed E-state index contributed by atoms with van der Waals surface area (Å²) in [6, 6.07) is 4.05. The maximum Gasteiger partial charge on any atom is 1.00 e. The van der Waals surface area contributed by atoms with Gasteiger partial charge in [-0.3, -0.25) is 0 Å². The van der Waals surface area contributed by atoms with Gasteiger partial charge in [-0.05, 0) is 37.1 Å². The molecule has 0 aromatic heterocycles. The van der Waals surface area contributed by atoms with Crippen molar-refractivity contribution in [3.63, 3.8) is 0 Å². The van der Waals surface area contributed by atoms with Gasteiger partial charge in [0.05, 0.1) is 4.90 Å². The summed E-state index contributed by atoms with van der Waals surface area (Å²) in [5, 5.41) is 0. The van der Waals surface area contributed by atoms with E-state index in [0.29, 0.717) is 12.4 Å². The molecule has 0 aliphatic rings. The zero-order valence-corrected chi connectivity index (χ0v) is 13.0. The molecule has 0 N–H and O–H groups in total. The van der Waals surface area contributed by atoms with Crippen molar-refractivity contribution in [1.29, 1.82) is 0 Å². The van der Waals surface area contributed by atoms with E-state index >= 15 is 0 Å². The number of hydrogen-bond donors (Lipinski definition) is 0. The van der Waals surface area contributed by atoms with E-state index in [4.69, 9.17) is 4.74 Å². The van der Waals surface area contributed by atoms with Crippen molar-refractivity contribution in [2.45, 2.75) is 18.7 Å². The molecule has 0 fully saturated rings. The number of ether oxygens (including phenoxy) is 1. The molecule has 1 aromatic carbocycles. The van der Waals surface area contributed by atoms with Gasteiger partial charge in [0.15, 0.2) is 0 Å². The first-order valence-electron chi connectivity index (χ1n) is 4.64. The normalized spacial score (nSPS) is 10.5. The molecule has 0 unspecified atom stereocenters. The minimum Gasteiger partial charge on any atom is -0.744 e. The van der Waals surface area contributed by atoms with Gasteiger partial charge in [-0.1, -0.05) is 12.6 Å². The van der Waals surface area contributed by atoms with Gasteiger partial charge in [0.25, 0.3) is 0 Å². The van der Waals surface area contributed by atoms with Crippen LogP contribution in [0.3, 0.4) is 0 Å². The molecule has 0 aliphatic carbocycles. The van der Waals surface area contributed by atoms with Crippen LogP contribution in [0.1, 0.15) is 12.5 Å². The Kier molecular flexibility index (Phi) is 6.43. The molecular weight excluding hydrogens is 251 g/mol. The van der Waals surface area contributed by atoms with Gasteiger partial charge in [0.2, 0.25) is 0 Å². The van der Waals surface area contributed by atoms with E-state index in [1.807, 2.05) is 0 Å². The van der Waals surface area contributed by atoms with Crippen LogP contribution in [0.25, 0.3) is 0 Å². The van der Waals surface area contributed by atoms with Crippen molar-refractivity contribution in [2.75, 3.05) is 6.61 Å². The first-order valence-corrected chi connectivity index (χ1v) is 6.05. The number of aryl methyl sites for hydroxylation is 1. The molecule has 0 bridgehead atoms. The van der Waals surface area contributed by atoms with Gasteiger partial charge in [0, 0.05) is 0 Å². The maximum absolute atomic E-state index is 10.8. The average Bonchev–Trinajstić information content (AvgIpc) is 2.14. The van der Waals surface area contributed by atoms with Gasteiger partial charge in [0.1, 0.15) is 22.5 Å². The second-order valence-electron chi connectivity index (χ2n) is 3.63. The SMILES string of the molecule is C=C(C)COc1cc(S(=O)(=O)[O-])ccc1C.[Na+]. The van der Waals surface area contributed by atoms with Crippen molar-refractivity contribution in [3.05, 3.63) is 35.9 Å². The van der Waals surface area contributed by atoms with E-state index < -0.39 is 10.1 Å². The second-order valence-corrected chi connectivity index (χ2v) is 5.01. The van der Waals surface area contributed by atoms with Crippen LogP contribution in [0.5, 0.6) is 5.75 Å². The standard InChI is InChI=1S/C11H14O4S.Na/c1-8(2)7-15-11-6-10(16(12,13)14)5-4-9(11)3;/h4-6H,1,7H2,2-3H3,(H,12,13,14);/q;+1/p-1. The molecule has 17 heavy (non-hydrogen) atoms. The predicted octanol–water partition coefficient (Wildman–Crippen LogP) is -1.14. The van der Waals surface area contributed by atoms with E-state index in [1.165, 1.54) is 12.1 Å². The summed E-state index contributed by atoms with van der Waals surface area (Å²) in [6.45, 7) is 7.53. The van der Waals surface area contributed by atoms with E-state index in [2.05, 4.69) is 6.58 Å². The van der Waals surface area contributed by atoms with E-state index in [0.717, 1.165) is 11.1 Å². The third-order valence-corrected chi connectivity index (χ3v) is 2.75. The molecule has 1 aromatic rings. The van der Waals surface area contributed by atoms with Crippen molar-refractivity contribution >= 4 is 10.1 Å². The predicted molar refractivity (Wildman–Crippen MR) is 59.5 cm³/mol. The fourth-order valence-electron chi connectivity index (χ4n) is 1.09. The molecule has 0 amide bonds. The maximum atomic E-state index is 10.8. The Labute approximate surface area is 124 Å². The smallest absolute Gasteiger partial charge is 0.744 e. The van der Waals surface area contributed by atoms with Crippen LogP contribution < -0.4 is 34.3 Å². The van der Waals surface area contributed by atoms with Crippen LogP contribution in [-0.2, 0) is 10.1 Å². The molecular formula is C11H13NaO4S. The summed E-state index contributed by atoms with van der Waals surface area (Å²) in [5.41, 5.74) is 1.59. The van der Waals surface area contributed by atoms with Crippen LogP contribution in [0.4, 0.5) is 0 Å². The molecule has 0 saturated carbocycles. The summed E-state index contributed by atoms with van der Waals surface area (Å²) in [4.78, 5) is -0.283. The van der Waals surface area contributed by atoms with E-state index in [1.54, 1.807) is 19.9 Å². The van der Waals surface area contributed by atoms with Gasteiger partial charge >= 0.3 is 29.6 Å². The molecule has 1 rings (SSSR count). The Hall–Kier alpha value is -0.330. The minimum atomic E-state index is -4.43. The van der Waals surface area contributed by atoms with Crippen molar-refractivity contribution < 1.29 is 47.3 Å². The van der Waals surface area contributed by atoms with E-state index in [-0.39, 0.29) is 34.5 Å². The Bertz CT molecular complexity index is 508. The number of rotatable bonds is 4. The van der Waals surface area contributed by atoms with Crippen LogP contribution >= 0.6 is 0 Å². The zero-order valence-electron chi connectivity index (χ0n) is 10.2. The number of hydrogen-bond acceptors (Lipinski definition) is 4. The first-order chi connectivity index (χ1) is 7.30. The molecule has 88 valence electrons. The van der Waals surface area contributed by atoms with Gasteiger partial charge in [-0.25, -0.2) is 8.42 Å². The third-order valence-electron chi connectivity index (χ3n) is 1.92. The van der Waals surface area contributed by atoms with Crippen LogP contribution in [-0.4, -0.2) is 19.6 Å². The Morgan fingerprint density at radius 1 is 1.47 bits per heavy atom. The molecule has 0 aliphatic heterocycles. The summed E-state index contributed by atoms with van der Waals surface area (Å²) in [6.07, 6.45) is 0. The van der Waals surface area contributed by atoms with Gasteiger partial charge in [-0.15, -0.1) is 0 Å². The molecule has 4 nitrogen and oxygen atoms in total. The van der Waals surface area contributed by atoms with Crippen LogP contribution in [0, 0.1) is 6.92 Å². The summed E-state index contributed by atoms with van der Waals surface area (Å²) < 4.78 is 37.7. The summed E-state index contributed by atoms with van der Waals surface area (Å²) in [7, 11) is -4.43. The number of benzene rings is 1. The minimum absolute atomic E-state index is 0. The first kappa shape index (κ1) is 16.7. The average molecular weight is 264 g/mol. The fourth-order valence-corrected chi connectivity index (χ4v) is 1.58. The quantitative estimate of drug-likeness (QED) is 0.391. The Morgan fingerprint density at radius 3 is 2.53 bits per heavy atom. The second kappa shape index (κ2) is 6.56. The third kappa shape index (κ3) is 5.23. The Balaban J connectivity index is 0.00000256. The van der Waals surface area contributed by atoms with Crippen LogP contribution in [0.2, 0.25) is 0 Å². The summed E-state index contributed by atoms with van der Waals surface area (Å²) >= 11 is 0. The molecule has 0 heterocycles. The molecule has 0 radical (unpaired) electrons. The topological polar surface area (TPSA) is 66.4 Å². The monoisotopic (exact) mass is 264 g/mol. The largest absolute Gasteiger partial charge is 1.00 e. The summed E-state index contributed by atoms with van der Waals surface area (Å²) in [5.74, 6) is 0.389. The van der Waals surface area contributed by atoms with Crippen molar-refractivity contribution in [3.8, 4) is 5.75 Å². The van der Waals surface area contributed by atoms with Crippen LogP contribution in [0.15, 0.2) is 35.2 Å². The van der Waals surface area contributed by atoms with Crippen molar-refractivity contribution in [1.82, 2.24) is 0 Å². The molecule has 0 atom stereocenters. The molecule has 0 spiro atoms. The fraction of sp³-hybridized carbons (Fsp3) is 0.273. The van der Waals surface area contributed by atoms with Gasteiger partial charge in [-0.2, -0.15) is 0 Å². The molecule has 0 saturated heterocycles. The van der Waals surface area contributed by atoms with E-state index in [9.17, 15) is 13.0 Å². The Morgan fingerprint density at radius 2 is 2.06 bits per heavy atom. The van der Waals surface area contributed by atoms with Crippen molar-refractivity contribution in [2.24, 2.45) is 0 Å².